The molecule has 0 unspecified atom stereocenters. The van der Waals surface area contributed by atoms with Crippen molar-refractivity contribution in [2.24, 2.45) is 0 Å². The lowest BCUT2D eigenvalue weighted by Gasteiger charge is -2.29. The van der Waals surface area contributed by atoms with Crippen LogP contribution in [0.1, 0.15) is 0 Å². The van der Waals surface area contributed by atoms with Crippen LogP contribution in [0.4, 0.5) is 38.5 Å². The van der Waals surface area contributed by atoms with Gasteiger partial charge in [-0.1, -0.05) is 146 Å². The largest absolute Gasteiger partial charge is 0.456 e. The Bertz CT molecular complexity index is 3550. The zero-order chi connectivity index (χ0) is 42.6. The molecule has 3 nitrogen and oxygen atoms in total. The van der Waals surface area contributed by atoms with E-state index in [0.717, 1.165) is 101 Å². The van der Waals surface area contributed by atoms with Crippen molar-refractivity contribution in [2.45, 2.75) is 0 Å². The van der Waals surface area contributed by atoms with E-state index >= 15 is 4.39 Å². The number of halogens is 1. The summed E-state index contributed by atoms with van der Waals surface area (Å²) in [5, 5.41) is 6.64. The van der Waals surface area contributed by atoms with Crippen molar-refractivity contribution >= 4 is 66.4 Å². The van der Waals surface area contributed by atoms with Gasteiger partial charge in [-0.3, -0.25) is 0 Å². The third kappa shape index (κ3) is 6.52. The molecule has 12 rings (SSSR count). The standard InChI is InChI=1S/C60H39FN2O/c61-46-35-45(53-22-11-16-42-14-9-10-21-52(42)53)37-51(39-46)63(48-19-5-2-6-20-48)57-34-33-55-54-32-28-44(38-59(54)64-58-24-12-23-56(57)60(55)58)41-25-29-49(30-26-41)62(47-17-3-1-4-18-47)50-31-27-40-13-7-8-15-43(40)36-50/h1-39H. The molecule has 1 aliphatic rings. The van der Waals surface area contributed by atoms with Crippen LogP contribution in [0.3, 0.4) is 0 Å². The number of hydrogen-bond donors (Lipinski definition) is 0. The molecule has 0 amide bonds. The molecule has 0 atom stereocenters. The van der Waals surface area contributed by atoms with E-state index < -0.39 is 0 Å². The van der Waals surface area contributed by atoms with Crippen LogP contribution in [0.5, 0.6) is 11.5 Å². The fourth-order valence-electron chi connectivity index (χ4n) is 9.47. The predicted molar refractivity (Wildman–Crippen MR) is 265 cm³/mol. The van der Waals surface area contributed by atoms with Crippen LogP contribution in [-0.4, -0.2) is 0 Å². The first-order chi connectivity index (χ1) is 31.6. The number of ether oxygens (including phenoxy) is 1. The van der Waals surface area contributed by atoms with Gasteiger partial charge in [-0.2, -0.15) is 0 Å². The van der Waals surface area contributed by atoms with Crippen molar-refractivity contribution in [3.8, 4) is 44.9 Å². The predicted octanol–water partition coefficient (Wildman–Crippen LogP) is 17.3. The molecule has 0 radical (unpaired) electrons. The molecule has 0 saturated carbocycles. The van der Waals surface area contributed by atoms with Crippen LogP contribution in [0.15, 0.2) is 237 Å². The lowest BCUT2D eigenvalue weighted by atomic mass is 9.91. The highest BCUT2D eigenvalue weighted by Gasteiger charge is 2.25. The highest BCUT2D eigenvalue weighted by Crippen LogP contribution is 2.51. The van der Waals surface area contributed by atoms with Gasteiger partial charge < -0.3 is 14.5 Å². The van der Waals surface area contributed by atoms with Gasteiger partial charge in [-0.15, -0.1) is 0 Å². The van der Waals surface area contributed by atoms with E-state index in [4.69, 9.17) is 4.74 Å². The Morgan fingerprint density at radius 1 is 0.312 bits per heavy atom. The third-order valence-corrected chi connectivity index (χ3v) is 12.4. The van der Waals surface area contributed by atoms with Gasteiger partial charge >= 0.3 is 0 Å². The second-order valence-corrected chi connectivity index (χ2v) is 16.3. The summed E-state index contributed by atoms with van der Waals surface area (Å²) in [6, 6.07) is 81.4. The van der Waals surface area contributed by atoms with Gasteiger partial charge in [0.15, 0.2) is 0 Å². The lowest BCUT2D eigenvalue weighted by Crippen LogP contribution is -2.11. The second kappa shape index (κ2) is 15.5. The Labute approximate surface area is 371 Å². The van der Waals surface area contributed by atoms with Crippen LogP contribution >= 0.6 is 0 Å². The summed E-state index contributed by atoms with van der Waals surface area (Å²) in [6.45, 7) is 0. The summed E-state index contributed by atoms with van der Waals surface area (Å²) >= 11 is 0. The molecule has 0 fully saturated rings. The Kier molecular flexibility index (Phi) is 9.01. The number of fused-ring (bicyclic) bond motifs is 4. The third-order valence-electron chi connectivity index (χ3n) is 12.4. The van der Waals surface area contributed by atoms with Crippen LogP contribution in [0.2, 0.25) is 0 Å². The Morgan fingerprint density at radius 3 is 1.75 bits per heavy atom. The van der Waals surface area contributed by atoms with E-state index in [1.54, 1.807) is 12.1 Å². The van der Waals surface area contributed by atoms with Gasteiger partial charge in [0.2, 0.25) is 0 Å². The van der Waals surface area contributed by atoms with Crippen molar-refractivity contribution in [3.05, 3.63) is 242 Å². The summed E-state index contributed by atoms with van der Waals surface area (Å²) in [6.07, 6.45) is 0. The fraction of sp³-hybridized carbons (Fsp3) is 0. The maximum Gasteiger partial charge on any atom is 0.135 e. The fourth-order valence-corrected chi connectivity index (χ4v) is 9.47. The molecule has 0 aromatic heterocycles. The smallest absolute Gasteiger partial charge is 0.135 e. The number of rotatable bonds is 8. The van der Waals surface area contributed by atoms with Crippen molar-refractivity contribution in [1.82, 2.24) is 0 Å². The molecule has 64 heavy (non-hydrogen) atoms. The number of nitrogens with zero attached hydrogens (tertiary/aromatic N) is 2. The molecule has 0 bridgehead atoms. The molecule has 0 saturated heterocycles. The highest BCUT2D eigenvalue weighted by atomic mass is 19.1. The molecule has 11 aromatic carbocycles. The molecule has 1 heterocycles. The molecule has 1 aliphatic heterocycles. The number of hydrogen-bond acceptors (Lipinski definition) is 3. The van der Waals surface area contributed by atoms with Gasteiger partial charge in [-0.25, -0.2) is 4.39 Å². The Morgan fingerprint density at radius 2 is 0.938 bits per heavy atom. The van der Waals surface area contributed by atoms with Crippen LogP contribution < -0.4 is 14.5 Å². The summed E-state index contributed by atoms with van der Waals surface area (Å²) in [5.74, 6) is 1.29. The summed E-state index contributed by atoms with van der Waals surface area (Å²) < 4.78 is 22.7. The van der Waals surface area contributed by atoms with E-state index in [1.807, 2.05) is 48.5 Å². The summed E-state index contributed by atoms with van der Waals surface area (Å²) in [7, 11) is 0. The quantitative estimate of drug-likeness (QED) is 0.152. The van der Waals surface area contributed by atoms with Gasteiger partial charge in [-0.05, 0) is 140 Å². The Hall–Kier alpha value is -8.47. The topological polar surface area (TPSA) is 15.7 Å². The highest BCUT2D eigenvalue weighted by molar-refractivity contribution is 6.11. The zero-order valence-electron chi connectivity index (χ0n) is 34.7. The first-order valence-electron chi connectivity index (χ1n) is 21.6. The van der Waals surface area contributed by atoms with E-state index in [0.29, 0.717) is 0 Å². The van der Waals surface area contributed by atoms with Gasteiger partial charge in [0.05, 0.1) is 5.69 Å². The SMILES string of the molecule is Fc1cc(-c2cccc3ccccc23)cc(N(c2ccccc2)c2ccc3c4c(cccc24)Oc2cc(-c4ccc(N(c5ccccc5)c5ccc6ccccc6c5)cc4)ccc2-3)c1. The monoisotopic (exact) mass is 822 g/mol. The van der Waals surface area contributed by atoms with E-state index in [9.17, 15) is 0 Å². The number of anilines is 6. The first-order valence-corrected chi connectivity index (χ1v) is 21.6. The van der Waals surface area contributed by atoms with E-state index in [1.165, 1.54) is 10.8 Å². The first kappa shape index (κ1) is 37.3. The van der Waals surface area contributed by atoms with Crippen LogP contribution in [0, 0.1) is 5.82 Å². The molecular weight excluding hydrogens is 784 g/mol. The van der Waals surface area contributed by atoms with Crippen molar-refractivity contribution in [1.29, 1.82) is 0 Å². The average Bonchev–Trinajstić information content (AvgIpc) is 3.35. The lowest BCUT2D eigenvalue weighted by molar-refractivity contribution is 0.487. The molecule has 11 aromatic rings. The van der Waals surface area contributed by atoms with Crippen molar-refractivity contribution in [2.75, 3.05) is 9.80 Å². The minimum Gasteiger partial charge on any atom is -0.456 e. The maximum absolute atomic E-state index is 15.9. The molecule has 0 N–H and O–H groups in total. The average molecular weight is 823 g/mol. The molecular formula is C60H39FN2O. The van der Waals surface area contributed by atoms with Gasteiger partial charge in [0, 0.05) is 44.8 Å². The summed E-state index contributed by atoms with van der Waals surface area (Å²) in [5.41, 5.74) is 11.9. The number of para-hydroxylation sites is 2. The van der Waals surface area contributed by atoms with Crippen molar-refractivity contribution < 1.29 is 9.13 Å². The van der Waals surface area contributed by atoms with E-state index in [-0.39, 0.29) is 5.82 Å². The zero-order valence-corrected chi connectivity index (χ0v) is 34.7. The second-order valence-electron chi connectivity index (χ2n) is 16.3. The Balaban J connectivity index is 0.919. The molecule has 0 aliphatic carbocycles. The minimum absolute atomic E-state index is 0.301. The molecule has 4 heteroatoms. The normalized spacial score (nSPS) is 11.6. The molecule has 0 spiro atoms. The van der Waals surface area contributed by atoms with Crippen LogP contribution in [-0.2, 0) is 0 Å². The van der Waals surface area contributed by atoms with Crippen molar-refractivity contribution in [3.63, 3.8) is 0 Å². The van der Waals surface area contributed by atoms with E-state index in [2.05, 4.69) is 186 Å². The molecule has 302 valence electrons. The van der Waals surface area contributed by atoms with Gasteiger partial charge in [0.1, 0.15) is 17.3 Å². The van der Waals surface area contributed by atoms with Gasteiger partial charge in [0.25, 0.3) is 0 Å². The maximum atomic E-state index is 15.9. The summed E-state index contributed by atoms with van der Waals surface area (Å²) in [4.78, 5) is 4.46. The van der Waals surface area contributed by atoms with Crippen LogP contribution in [0.25, 0.3) is 65.7 Å². The minimum atomic E-state index is -0.301. The number of benzene rings is 11.